The minimum atomic E-state index is 0.881. The van der Waals surface area contributed by atoms with Crippen LogP contribution in [0.2, 0.25) is 0 Å². The Bertz CT molecular complexity index is 598. The van der Waals surface area contributed by atoms with Crippen molar-refractivity contribution in [2.75, 3.05) is 18.7 Å². The molecule has 0 fully saturated rings. The van der Waals surface area contributed by atoms with Gasteiger partial charge in [-0.1, -0.05) is 17.8 Å². The quantitative estimate of drug-likeness (QED) is 0.688. The molecule has 1 N–H and O–H groups in total. The van der Waals surface area contributed by atoms with Crippen LogP contribution in [-0.4, -0.2) is 13.4 Å². The minimum Gasteiger partial charge on any atom is -0.497 e. The number of anilines is 2. The van der Waals surface area contributed by atoms with Gasteiger partial charge in [-0.2, -0.15) is 0 Å². The standard InChI is InChI=1S/C14H13NOS2/c1-16-9-6-7-12-11(8-9)15-10-4-3-5-13(17-2)14(10)18-12/h3-8,15H,1-2H3. The molecule has 18 heavy (non-hydrogen) atoms. The molecule has 0 aromatic heterocycles. The van der Waals surface area contributed by atoms with Crippen LogP contribution in [0.15, 0.2) is 51.1 Å². The normalized spacial score (nSPS) is 12.3. The Kier molecular flexibility index (Phi) is 3.14. The second-order valence-electron chi connectivity index (χ2n) is 3.93. The Balaban J connectivity index is 2.06. The molecular formula is C14H13NOS2. The lowest BCUT2D eigenvalue weighted by molar-refractivity contribution is 0.414. The molecule has 0 bridgehead atoms. The lowest BCUT2D eigenvalue weighted by atomic mass is 10.2. The van der Waals surface area contributed by atoms with Gasteiger partial charge in [0.05, 0.1) is 18.5 Å². The highest BCUT2D eigenvalue weighted by Gasteiger charge is 2.18. The molecular weight excluding hydrogens is 262 g/mol. The number of methoxy groups -OCH3 is 1. The van der Waals surface area contributed by atoms with Crippen molar-refractivity contribution in [1.29, 1.82) is 0 Å². The van der Waals surface area contributed by atoms with E-state index in [-0.39, 0.29) is 0 Å². The van der Waals surface area contributed by atoms with Crippen LogP contribution in [0.4, 0.5) is 11.4 Å². The van der Waals surface area contributed by atoms with E-state index in [9.17, 15) is 0 Å². The summed E-state index contributed by atoms with van der Waals surface area (Å²) in [7, 11) is 1.69. The average Bonchev–Trinajstić information content (AvgIpc) is 2.43. The summed E-state index contributed by atoms with van der Waals surface area (Å²) in [5.74, 6) is 0.881. The minimum absolute atomic E-state index is 0.881. The molecule has 92 valence electrons. The van der Waals surface area contributed by atoms with Gasteiger partial charge in [0.15, 0.2) is 0 Å². The molecule has 0 saturated heterocycles. The van der Waals surface area contributed by atoms with Gasteiger partial charge in [-0.3, -0.25) is 0 Å². The first-order chi connectivity index (χ1) is 8.81. The number of nitrogens with one attached hydrogen (secondary N) is 1. The fourth-order valence-corrected chi connectivity index (χ4v) is 3.82. The lowest BCUT2D eigenvalue weighted by Gasteiger charge is -2.22. The zero-order chi connectivity index (χ0) is 12.5. The van der Waals surface area contributed by atoms with Gasteiger partial charge in [-0.25, -0.2) is 0 Å². The van der Waals surface area contributed by atoms with Crippen LogP contribution in [0.1, 0.15) is 0 Å². The monoisotopic (exact) mass is 275 g/mol. The van der Waals surface area contributed by atoms with E-state index in [1.165, 1.54) is 20.4 Å². The van der Waals surface area contributed by atoms with Gasteiger partial charge in [-0.15, -0.1) is 11.8 Å². The van der Waals surface area contributed by atoms with E-state index in [2.05, 4.69) is 35.8 Å². The zero-order valence-corrected chi connectivity index (χ0v) is 11.8. The lowest BCUT2D eigenvalue weighted by Crippen LogP contribution is -2.01. The number of benzene rings is 2. The van der Waals surface area contributed by atoms with Gasteiger partial charge in [-0.05, 0) is 30.5 Å². The number of ether oxygens (including phenoxy) is 1. The van der Waals surface area contributed by atoms with Gasteiger partial charge < -0.3 is 10.1 Å². The van der Waals surface area contributed by atoms with Crippen LogP contribution in [-0.2, 0) is 0 Å². The smallest absolute Gasteiger partial charge is 0.121 e. The average molecular weight is 275 g/mol. The molecule has 4 heteroatoms. The maximum absolute atomic E-state index is 5.26. The Labute approximate surface area is 115 Å². The molecule has 2 aromatic rings. The van der Waals surface area contributed by atoms with Crippen LogP contribution in [0.3, 0.4) is 0 Å². The molecule has 1 aliphatic heterocycles. The third kappa shape index (κ3) is 1.95. The molecule has 1 aliphatic rings. The van der Waals surface area contributed by atoms with Gasteiger partial charge in [0, 0.05) is 20.8 Å². The third-order valence-corrected chi connectivity index (χ3v) is 5.00. The first-order valence-electron chi connectivity index (χ1n) is 5.62. The van der Waals surface area contributed by atoms with E-state index in [4.69, 9.17) is 4.74 Å². The van der Waals surface area contributed by atoms with Gasteiger partial charge in [0.25, 0.3) is 0 Å². The van der Waals surface area contributed by atoms with Crippen molar-refractivity contribution in [3.05, 3.63) is 36.4 Å². The Morgan fingerprint density at radius 1 is 1.17 bits per heavy atom. The molecule has 0 aliphatic carbocycles. The predicted octanol–water partition coefficient (Wildman–Crippen LogP) is 4.63. The molecule has 2 nitrogen and oxygen atoms in total. The van der Waals surface area contributed by atoms with Crippen LogP contribution in [0.25, 0.3) is 0 Å². The number of hydrogen-bond donors (Lipinski definition) is 1. The predicted molar refractivity (Wildman–Crippen MR) is 78.6 cm³/mol. The molecule has 0 atom stereocenters. The van der Waals surface area contributed by atoms with Crippen LogP contribution in [0.5, 0.6) is 5.75 Å². The number of thioether (sulfide) groups is 1. The summed E-state index contributed by atoms with van der Waals surface area (Å²) >= 11 is 3.59. The molecule has 2 aromatic carbocycles. The van der Waals surface area contributed by atoms with Crippen molar-refractivity contribution in [3.63, 3.8) is 0 Å². The molecule has 0 amide bonds. The van der Waals surface area contributed by atoms with Crippen molar-refractivity contribution in [2.24, 2.45) is 0 Å². The fourth-order valence-electron chi connectivity index (χ4n) is 1.96. The summed E-state index contributed by atoms with van der Waals surface area (Å²) in [6, 6.07) is 12.5. The van der Waals surface area contributed by atoms with Crippen molar-refractivity contribution < 1.29 is 4.74 Å². The number of fused-ring (bicyclic) bond motifs is 2. The van der Waals surface area contributed by atoms with Crippen molar-refractivity contribution in [1.82, 2.24) is 0 Å². The largest absolute Gasteiger partial charge is 0.497 e. The van der Waals surface area contributed by atoms with Crippen LogP contribution < -0.4 is 10.1 Å². The summed E-state index contributed by atoms with van der Waals surface area (Å²) < 4.78 is 5.26. The Morgan fingerprint density at radius 2 is 2.06 bits per heavy atom. The second-order valence-corrected chi connectivity index (χ2v) is 5.83. The highest BCUT2D eigenvalue weighted by Crippen LogP contribution is 2.48. The maximum Gasteiger partial charge on any atom is 0.121 e. The van der Waals surface area contributed by atoms with E-state index < -0.39 is 0 Å². The molecule has 0 saturated carbocycles. The molecule has 0 spiro atoms. The highest BCUT2D eigenvalue weighted by molar-refractivity contribution is 8.02. The first kappa shape index (κ1) is 11.8. The van der Waals surface area contributed by atoms with E-state index in [1.54, 1.807) is 18.9 Å². The third-order valence-electron chi connectivity index (χ3n) is 2.87. The van der Waals surface area contributed by atoms with Gasteiger partial charge in [0.2, 0.25) is 0 Å². The van der Waals surface area contributed by atoms with Crippen molar-refractivity contribution in [3.8, 4) is 5.75 Å². The second kappa shape index (κ2) is 4.78. The maximum atomic E-state index is 5.26. The van der Waals surface area contributed by atoms with Crippen molar-refractivity contribution in [2.45, 2.75) is 14.7 Å². The first-order valence-corrected chi connectivity index (χ1v) is 7.66. The van der Waals surface area contributed by atoms with Crippen LogP contribution >= 0.6 is 23.5 Å². The molecule has 3 rings (SSSR count). The van der Waals surface area contributed by atoms with Gasteiger partial charge in [0.1, 0.15) is 5.75 Å². The summed E-state index contributed by atoms with van der Waals surface area (Å²) in [4.78, 5) is 3.86. The number of rotatable bonds is 2. The topological polar surface area (TPSA) is 21.3 Å². The van der Waals surface area contributed by atoms with E-state index >= 15 is 0 Å². The fraction of sp³-hybridized carbons (Fsp3) is 0.143. The Morgan fingerprint density at radius 3 is 2.83 bits per heavy atom. The summed E-state index contributed by atoms with van der Waals surface area (Å²) in [5, 5.41) is 3.48. The molecule has 1 heterocycles. The summed E-state index contributed by atoms with van der Waals surface area (Å²) in [6.07, 6.45) is 2.11. The summed E-state index contributed by atoms with van der Waals surface area (Å²) in [5.41, 5.74) is 2.29. The van der Waals surface area contributed by atoms with E-state index in [0.29, 0.717) is 0 Å². The molecule has 0 radical (unpaired) electrons. The van der Waals surface area contributed by atoms with E-state index in [1.807, 2.05) is 23.9 Å². The SMILES string of the molecule is COc1ccc2c(c1)Nc1cccc(SC)c1S2. The number of hydrogen-bond acceptors (Lipinski definition) is 4. The van der Waals surface area contributed by atoms with Gasteiger partial charge >= 0.3 is 0 Å². The highest BCUT2D eigenvalue weighted by atomic mass is 32.2. The van der Waals surface area contributed by atoms with Crippen LogP contribution in [0, 0.1) is 0 Å². The summed E-state index contributed by atoms with van der Waals surface area (Å²) in [6.45, 7) is 0. The zero-order valence-electron chi connectivity index (χ0n) is 10.2. The Hall–Kier alpha value is -1.26. The molecule has 0 unspecified atom stereocenters. The van der Waals surface area contributed by atoms with E-state index in [0.717, 1.165) is 11.4 Å². The van der Waals surface area contributed by atoms with Crippen molar-refractivity contribution >= 4 is 34.9 Å².